The molecule has 1 aromatic rings. The van der Waals surface area contributed by atoms with Crippen LogP contribution < -0.4 is 5.32 Å². The van der Waals surface area contributed by atoms with Crippen molar-refractivity contribution in [2.45, 2.75) is 49.5 Å². The van der Waals surface area contributed by atoms with E-state index in [2.05, 4.69) is 17.9 Å². The van der Waals surface area contributed by atoms with E-state index in [0.717, 1.165) is 17.7 Å². The zero-order valence-electron chi connectivity index (χ0n) is 9.98. The van der Waals surface area contributed by atoms with E-state index in [9.17, 15) is 4.79 Å². The molecular formula is C14H19NOS. The minimum absolute atomic E-state index is 0.0350. The molecule has 0 heterocycles. The zero-order chi connectivity index (χ0) is 12.1. The topological polar surface area (TPSA) is 29.1 Å². The Kier molecular flexibility index (Phi) is 4.49. The number of benzene rings is 1. The van der Waals surface area contributed by atoms with Gasteiger partial charge in [0.05, 0.1) is 0 Å². The summed E-state index contributed by atoms with van der Waals surface area (Å²) >= 11 is 4.25. The molecule has 1 saturated carbocycles. The monoisotopic (exact) mass is 249 g/mol. The van der Waals surface area contributed by atoms with Crippen molar-refractivity contribution < 1.29 is 4.79 Å². The fourth-order valence-corrected chi connectivity index (χ4v) is 2.56. The van der Waals surface area contributed by atoms with Crippen LogP contribution in [-0.4, -0.2) is 11.9 Å². The summed E-state index contributed by atoms with van der Waals surface area (Å²) in [5.41, 5.74) is 0.710. The number of thiol groups is 1. The van der Waals surface area contributed by atoms with Gasteiger partial charge in [0.2, 0.25) is 0 Å². The first-order chi connectivity index (χ1) is 8.25. The highest BCUT2D eigenvalue weighted by molar-refractivity contribution is 7.80. The molecule has 2 rings (SSSR count). The maximum Gasteiger partial charge on any atom is 0.251 e. The lowest BCUT2D eigenvalue weighted by Crippen LogP contribution is -2.34. The van der Waals surface area contributed by atoms with Crippen molar-refractivity contribution in [1.29, 1.82) is 0 Å². The van der Waals surface area contributed by atoms with Crippen LogP contribution in [0.2, 0.25) is 0 Å². The molecule has 0 spiro atoms. The Morgan fingerprint density at radius 3 is 2.53 bits per heavy atom. The van der Waals surface area contributed by atoms with Crippen LogP contribution in [0.1, 0.15) is 48.9 Å². The number of nitrogens with one attached hydrogen (secondary N) is 1. The van der Waals surface area contributed by atoms with Gasteiger partial charge in [-0.25, -0.2) is 0 Å². The number of rotatable bonds is 2. The molecule has 1 amide bonds. The first-order valence-corrected chi connectivity index (χ1v) is 6.80. The first kappa shape index (κ1) is 12.5. The molecule has 1 aromatic carbocycles. The van der Waals surface area contributed by atoms with Gasteiger partial charge in [-0.05, 0) is 31.0 Å². The van der Waals surface area contributed by atoms with Crippen LogP contribution in [0.5, 0.6) is 0 Å². The van der Waals surface area contributed by atoms with E-state index in [1.165, 1.54) is 25.7 Å². The maximum atomic E-state index is 12.0. The summed E-state index contributed by atoms with van der Waals surface area (Å²) < 4.78 is 0. The molecule has 1 fully saturated rings. The summed E-state index contributed by atoms with van der Waals surface area (Å²) in [7, 11) is 0. The van der Waals surface area contributed by atoms with Crippen LogP contribution in [0, 0.1) is 0 Å². The van der Waals surface area contributed by atoms with E-state index in [1.54, 1.807) is 0 Å². The quantitative estimate of drug-likeness (QED) is 0.610. The van der Waals surface area contributed by atoms with Crippen molar-refractivity contribution in [3.63, 3.8) is 0 Å². The Morgan fingerprint density at radius 2 is 1.88 bits per heavy atom. The molecule has 0 bridgehead atoms. The van der Waals surface area contributed by atoms with Gasteiger partial charge in [-0.15, -0.1) is 12.6 Å². The lowest BCUT2D eigenvalue weighted by atomic mass is 10.1. The van der Waals surface area contributed by atoms with Crippen molar-refractivity contribution in [3.05, 3.63) is 29.8 Å². The number of hydrogen-bond acceptors (Lipinski definition) is 2. The minimum Gasteiger partial charge on any atom is -0.349 e. The highest BCUT2D eigenvalue weighted by Crippen LogP contribution is 2.18. The van der Waals surface area contributed by atoms with Gasteiger partial charge >= 0.3 is 0 Å². The summed E-state index contributed by atoms with van der Waals surface area (Å²) in [5.74, 6) is 0.0350. The Hall–Kier alpha value is -0.960. The summed E-state index contributed by atoms with van der Waals surface area (Å²) in [4.78, 5) is 12.9. The SMILES string of the molecule is O=C(NC1CCCCCC1)c1cccc(S)c1. The van der Waals surface area contributed by atoms with Gasteiger partial charge in [0.25, 0.3) is 5.91 Å². The van der Waals surface area contributed by atoms with Crippen molar-refractivity contribution in [1.82, 2.24) is 5.32 Å². The smallest absolute Gasteiger partial charge is 0.251 e. The fraction of sp³-hybridized carbons (Fsp3) is 0.500. The molecule has 0 atom stereocenters. The van der Waals surface area contributed by atoms with E-state index in [-0.39, 0.29) is 5.91 Å². The molecule has 92 valence electrons. The molecule has 0 aromatic heterocycles. The van der Waals surface area contributed by atoms with E-state index >= 15 is 0 Å². The number of carbonyl (C=O) groups is 1. The standard InChI is InChI=1S/C14H19NOS/c16-14(11-6-5-9-13(17)10-11)15-12-7-3-1-2-4-8-12/h5-6,9-10,12,17H,1-4,7-8H2,(H,15,16). The Bertz CT molecular complexity index is 384. The van der Waals surface area contributed by atoms with Gasteiger partial charge in [0.1, 0.15) is 0 Å². The molecular weight excluding hydrogens is 230 g/mol. The largest absolute Gasteiger partial charge is 0.349 e. The van der Waals surface area contributed by atoms with Crippen LogP contribution in [-0.2, 0) is 0 Å². The highest BCUT2D eigenvalue weighted by atomic mass is 32.1. The second kappa shape index (κ2) is 6.10. The third-order valence-corrected chi connectivity index (χ3v) is 3.58. The van der Waals surface area contributed by atoms with Crippen LogP contribution >= 0.6 is 12.6 Å². The second-order valence-electron chi connectivity index (χ2n) is 4.71. The molecule has 0 aliphatic heterocycles. The van der Waals surface area contributed by atoms with Crippen molar-refractivity contribution in [2.75, 3.05) is 0 Å². The van der Waals surface area contributed by atoms with Gasteiger partial charge in [-0.1, -0.05) is 31.7 Å². The summed E-state index contributed by atoms with van der Waals surface area (Å²) in [5, 5.41) is 3.13. The average Bonchev–Trinajstić information content (AvgIpc) is 2.57. The molecule has 3 heteroatoms. The molecule has 17 heavy (non-hydrogen) atoms. The van der Waals surface area contributed by atoms with Crippen molar-refractivity contribution in [2.24, 2.45) is 0 Å². The van der Waals surface area contributed by atoms with Crippen molar-refractivity contribution >= 4 is 18.5 Å². The number of amides is 1. The number of carbonyl (C=O) groups excluding carboxylic acids is 1. The van der Waals surface area contributed by atoms with Gasteiger partial charge in [0, 0.05) is 16.5 Å². The lowest BCUT2D eigenvalue weighted by molar-refractivity contribution is 0.0933. The van der Waals surface area contributed by atoms with Crippen molar-refractivity contribution in [3.8, 4) is 0 Å². The molecule has 0 unspecified atom stereocenters. The van der Waals surface area contributed by atoms with Gasteiger partial charge in [-0.3, -0.25) is 4.79 Å². The van der Waals surface area contributed by atoms with E-state index in [4.69, 9.17) is 0 Å². The fourth-order valence-electron chi connectivity index (χ4n) is 2.34. The normalized spacial score (nSPS) is 17.5. The molecule has 1 aliphatic carbocycles. The predicted octanol–water partition coefficient (Wildman–Crippen LogP) is 3.43. The Labute approximate surface area is 108 Å². The molecule has 0 saturated heterocycles. The lowest BCUT2D eigenvalue weighted by Gasteiger charge is -2.16. The summed E-state index contributed by atoms with van der Waals surface area (Å²) in [6.45, 7) is 0. The van der Waals surface area contributed by atoms with Crippen LogP contribution in [0.15, 0.2) is 29.2 Å². The minimum atomic E-state index is 0.0350. The summed E-state index contributed by atoms with van der Waals surface area (Å²) in [6.07, 6.45) is 7.31. The van der Waals surface area contributed by atoms with E-state index in [1.807, 2.05) is 24.3 Å². The zero-order valence-corrected chi connectivity index (χ0v) is 10.9. The van der Waals surface area contributed by atoms with Crippen LogP contribution in [0.25, 0.3) is 0 Å². The maximum absolute atomic E-state index is 12.0. The molecule has 0 radical (unpaired) electrons. The molecule has 1 aliphatic rings. The average molecular weight is 249 g/mol. The van der Waals surface area contributed by atoms with E-state index < -0.39 is 0 Å². The molecule has 2 nitrogen and oxygen atoms in total. The Morgan fingerprint density at radius 1 is 1.18 bits per heavy atom. The highest BCUT2D eigenvalue weighted by Gasteiger charge is 2.15. The third kappa shape index (κ3) is 3.77. The third-order valence-electron chi connectivity index (χ3n) is 3.30. The summed E-state index contributed by atoms with van der Waals surface area (Å²) in [6, 6.07) is 7.75. The van der Waals surface area contributed by atoms with Gasteiger partial charge in [-0.2, -0.15) is 0 Å². The Balaban J connectivity index is 1.96. The van der Waals surface area contributed by atoms with E-state index in [0.29, 0.717) is 11.6 Å². The molecule has 1 N–H and O–H groups in total. The second-order valence-corrected chi connectivity index (χ2v) is 5.23. The predicted molar refractivity (Wildman–Crippen MR) is 72.7 cm³/mol. The van der Waals surface area contributed by atoms with Crippen LogP contribution in [0.4, 0.5) is 0 Å². The first-order valence-electron chi connectivity index (χ1n) is 6.35. The number of hydrogen-bond donors (Lipinski definition) is 2. The van der Waals surface area contributed by atoms with Crippen LogP contribution in [0.3, 0.4) is 0 Å². The van der Waals surface area contributed by atoms with Gasteiger partial charge in [0.15, 0.2) is 0 Å². The van der Waals surface area contributed by atoms with Gasteiger partial charge < -0.3 is 5.32 Å².